The van der Waals surface area contributed by atoms with Gasteiger partial charge in [-0.1, -0.05) is 18.2 Å². The number of rotatable bonds is 4. The van der Waals surface area contributed by atoms with Crippen molar-refractivity contribution in [1.29, 1.82) is 0 Å². The first-order valence-electron chi connectivity index (χ1n) is 7.25. The van der Waals surface area contributed by atoms with Gasteiger partial charge in [0.05, 0.1) is 30.8 Å². The molecule has 0 atom stereocenters. The summed E-state index contributed by atoms with van der Waals surface area (Å²) in [4.78, 5) is 16.7. The number of hydrogen-bond donors (Lipinski definition) is 2. The molecule has 24 heavy (non-hydrogen) atoms. The lowest BCUT2D eigenvalue weighted by atomic mass is 10.1. The van der Waals surface area contributed by atoms with Gasteiger partial charge in [0.25, 0.3) is 0 Å². The first-order valence-corrected chi connectivity index (χ1v) is 8.47. The van der Waals surface area contributed by atoms with Crippen LogP contribution in [-0.4, -0.2) is 30.6 Å². The summed E-state index contributed by atoms with van der Waals surface area (Å²) in [7, 11) is 3.03. The minimum Gasteiger partial charge on any atom is -0.503 e. The molecule has 2 N–H and O–H groups in total. The van der Waals surface area contributed by atoms with Crippen molar-refractivity contribution >= 4 is 22.7 Å². The molecule has 1 heterocycles. The summed E-state index contributed by atoms with van der Waals surface area (Å²) < 4.78 is 10.5. The highest BCUT2D eigenvalue weighted by molar-refractivity contribution is 7.98. The number of hydrogen-bond acceptors (Lipinski definition) is 5. The van der Waals surface area contributed by atoms with Crippen molar-refractivity contribution in [2.24, 2.45) is 0 Å². The van der Waals surface area contributed by atoms with Crippen LogP contribution >= 0.6 is 11.8 Å². The number of H-pyrrole nitrogens is 1. The third-order valence-electron chi connectivity index (χ3n) is 3.86. The number of aromatic nitrogens is 1. The maximum atomic E-state index is 12.6. The quantitative estimate of drug-likeness (QED) is 0.708. The molecule has 0 fully saturated rings. The molecule has 0 aliphatic rings. The van der Waals surface area contributed by atoms with Crippen LogP contribution in [0, 0.1) is 0 Å². The van der Waals surface area contributed by atoms with Crippen LogP contribution in [0.25, 0.3) is 22.2 Å². The Kier molecular flexibility index (Phi) is 4.40. The molecule has 3 rings (SSSR count). The van der Waals surface area contributed by atoms with Crippen molar-refractivity contribution in [1.82, 2.24) is 4.98 Å². The fourth-order valence-corrected chi connectivity index (χ4v) is 3.26. The smallest absolute Gasteiger partial charge is 0.231 e. The molecule has 0 aliphatic heterocycles. The molecule has 0 amide bonds. The molecule has 0 radical (unpaired) electrons. The van der Waals surface area contributed by atoms with Crippen LogP contribution in [-0.2, 0) is 0 Å². The van der Waals surface area contributed by atoms with Gasteiger partial charge in [-0.15, -0.1) is 11.8 Å². The molecule has 0 bridgehead atoms. The van der Waals surface area contributed by atoms with E-state index >= 15 is 0 Å². The van der Waals surface area contributed by atoms with Gasteiger partial charge >= 0.3 is 0 Å². The summed E-state index contributed by atoms with van der Waals surface area (Å²) in [5.74, 6) is 0.638. The van der Waals surface area contributed by atoms with E-state index in [9.17, 15) is 9.90 Å². The Morgan fingerprint density at radius 1 is 1.08 bits per heavy atom. The number of pyridine rings is 1. The van der Waals surface area contributed by atoms with Crippen LogP contribution in [0.3, 0.4) is 0 Å². The van der Waals surface area contributed by atoms with Crippen molar-refractivity contribution in [3.8, 4) is 28.5 Å². The van der Waals surface area contributed by atoms with E-state index in [4.69, 9.17) is 9.47 Å². The third kappa shape index (κ3) is 2.59. The van der Waals surface area contributed by atoms with E-state index in [2.05, 4.69) is 4.98 Å². The molecular formula is C18H17NO4S. The largest absolute Gasteiger partial charge is 0.503 e. The van der Waals surface area contributed by atoms with Gasteiger partial charge in [0, 0.05) is 16.5 Å². The van der Waals surface area contributed by atoms with Crippen LogP contribution in [0.2, 0.25) is 0 Å². The van der Waals surface area contributed by atoms with Crippen molar-refractivity contribution < 1.29 is 14.6 Å². The molecule has 1 aromatic heterocycles. The highest BCUT2D eigenvalue weighted by Crippen LogP contribution is 2.36. The third-order valence-corrected chi connectivity index (χ3v) is 4.65. The number of aromatic amines is 1. The molecule has 0 spiro atoms. The van der Waals surface area contributed by atoms with Crippen LogP contribution in [0.5, 0.6) is 17.2 Å². The van der Waals surface area contributed by atoms with E-state index < -0.39 is 5.43 Å². The van der Waals surface area contributed by atoms with Gasteiger partial charge in [0.2, 0.25) is 5.43 Å². The Morgan fingerprint density at radius 3 is 2.42 bits per heavy atom. The summed E-state index contributed by atoms with van der Waals surface area (Å²) in [5.41, 5.74) is 1.29. The predicted octanol–water partition coefficient (Wildman–Crippen LogP) is 3.64. The maximum Gasteiger partial charge on any atom is 0.231 e. The fraction of sp³-hybridized carbons (Fsp3) is 0.167. The van der Waals surface area contributed by atoms with Crippen molar-refractivity contribution in [2.45, 2.75) is 4.90 Å². The standard InChI is InChI=1S/C18H17NO4S/c1-22-13-8-11-12(9-14(13)23-2)19-16(18(21)17(11)20)10-6-4-5-7-15(10)24-3/h4-9,21H,1-3H3,(H,19,20). The minimum atomic E-state index is -0.449. The van der Waals surface area contributed by atoms with Gasteiger partial charge in [-0.3, -0.25) is 4.79 Å². The zero-order valence-corrected chi connectivity index (χ0v) is 14.4. The Hall–Kier alpha value is -2.60. The molecule has 0 saturated heterocycles. The van der Waals surface area contributed by atoms with Gasteiger partial charge in [-0.05, 0) is 18.4 Å². The van der Waals surface area contributed by atoms with Gasteiger partial charge in [0.15, 0.2) is 17.2 Å². The monoisotopic (exact) mass is 343 g/mol. The van der Waals surface area contributed by atoms with Gasteiger partial charge < -0.3 is 19.6 Å². The number of ether oxygens (including phenoxy) is 2. The molecule has 0 unspecified atom stereocenters. The topological polar surface area (TPSA) is 71.5 Å². The molecule has 3 aromatic rings. The first kappa shape index (κ1) is 16.3. The van der Waals surface area contributed by atoms with E-state index in [1.54, 1.807) is 23.9 Å². The normalized spacial score (nSPS) is 10.8. The van der Waals surface area contributed by atoms with Crippen LogP contribution < -0.4 is 14.9 Å². The zero-order chi connectivity index (χ0) is 17.3. The molecule has 124 valence electrons. The Bertz CT molecular complexity index is 965. The maximum absolute atomic E-state index is 12.6. The van der Waals surface area contributed by atoms with E-state index in [-0.39, 0.29) is 5.75 Å². The second-order valence-corrected chi connectivity index (χ2v) is 5.98. The molecule has 5 nitrogen and oxygen atoms in total. The molecule has 2 aromatic carbocycles. The van der Waals surface area contributed by atoms with Crippen molar-refractivity contribution in [2.75, 3.05) is 20.5 Å². The second kappa shape index (κ2) is 6.49. The Balaban J connectivity index is 2.35. The predicted molar refractivity (Wildman–Crippen MR) is 96.6 cm³/mol. The molecular weight excluding hydrogens is 326 g/mol. The number of aromatic hydroxyl groups is 1. The van der Waals surface area contributed by atoms with Crippen LogP contribution in [0.1, 0.15) is 0 Å². The number of thioether (sulfide) groups is 1. The molecule has 6 heteroatoms. The van der Waals surface area contributed by atoms with Crippen LogP contribution in [0.15, 0.2) is 46.1 Å². The Labute approximate surface area is 143 Å². The summed E-state index contributed by atoms with van der Waals surface area (Å²) in [5, 5.41) is 10.8. The Morgan fingerprint density at radius 2 is 1.75 bits per heavy atom. The SMILES string of the molecule is COc1cc2[nH]c(-c3ccccc3SC)c(O)c(=O)c2cc1OC. The van der Waals surface area contributed by atoms with Crippen molar-refractivity contribution in [3.05, 3.63) is 46.6 Å². The first-order chi connectivity index (χ1) is 11.6. The average Bonchev–Trinajstić information content (AvgIpc) is 2.63. The van der Waals surface area contributed by atoms with E-state index in [1.165, 1.54) is 14.2 Å². The second-order valence-electron chi connectivity index (χ2n) is 5.13. The van der Waals surface area contributed by atoms with Gasteiger partial charge in [0.1, 0.15) is 0 Å². The van der Waals surface area contributed by atoms with Gasteiger partial charge in [-0.2, -0.15) is 0 Å². The summed E-state index contributed by atoms with van der Waals surface area (Å²) >= 11 is 1.55. The number of methoxy groups -OCH3 is 2. The highest BCUT2D eigenvalue weighted by Gasteiger charge is 2.17. The lowest BCUT2D eigenvalue weighted by Gasteiger charge is -2.13. The van der Waals surface area contributed by atoms with Crippen molar-refractivity contribution in [3.63, 3.8) is 0 Å². The lowest BCUT2D eigenvalue weighted by molar-refractivity contribution is 0.355. The van der Waals surface area contributed by atoms with E-state index in [0.717, 1.165) is 10.5 Å². The lowest BCUT2D eigenvalue weighted by Crippen LogP contribution is -2.06. The molecule has 0 aliphatic carbocycles. The average molecular weight is 343 g/mol. The number of fused-ring (bicyclic) bond motifs is 1. The molecule has 0 saturated carbocycles. The summed E-state index contributed by atoms with van der Waals surface area (Å²) in [6.45, 7) is 0. The van der Waals surface area contributed by atoms with E-state index in [1.807, 2.05) is 30.5 Å². The number of nitrogens with one attached hydrogen (secondary N) is 1. The minimum absolute atomic E-state index is 0.309. The summed E-state index contributed by atoms with van der Waals surface area (Å²) in [6, 6.07) is 10.8. The van der Waals surface area contributed by atoms with Crippen LogP contribution in [0.4, 0.5) is 0 Å². The summed E-state index contributed by atoms with van der Waals surface area (Å²) in [6.07, 6.45) is 1.95. The fourth-order valence-electron chi connectivity index (χ4n) is 2.65. The highest BCUT2D eigenvalue weighted by atomic mass is 32.2. The van der Waals surface area contributed by atoms with E-state index in [0.29, 0.717) is 28.1 Å². The number of benzene rings is 2. The zero-order valence-electron chi connectivity index (χ0n) is 13.5. The van der Waals surface area contributed by atoms with Gasteiger partial charge in [-0.25, -0.2) is 0 Å².